The Morgan fingerprint density at radius 3 is 2.68 bits per heavy atom. The van der Waals surface area contributed by atoms with Gasteiger partial charge in [0.2, 0.25) is 17.6 Å². The Morgan fingerprint density at radius 2 is 1.87 bits per heavy atom. The maximum absolute atomic E-state index is 13.4. The third-order valence-electron chi connectivity index (χ3n) is 4.84. The molecule has 0 fully saturated rings. The molecule has 0 bridgehead atoms. The lowest BCUT2D eigenvalue weighted by molar-refractivity contribution is -0.118. The predicted molar refractivity (Wildman–Crippen MR) is 124 cm³/mol. The lowest BCUT2D eigenvalue weighted by Crippen LogP contribution is -2.26. The Bertz CT molecular complexity index is 1310. The average molecular weight is 447 g/mol. The van der Waals surface area contributed by atoms with Gasteiger partial charge in [-0.25, -0.2) is 4.98 Å². The van der Waals surface area contributed by atoms with Gasteiger partial charge >= 0.3 is 0 Å². The number of para-hydroxylation sites is 2. The van der Waals surface area contributed by atoms with E-state index in [1.54, 1.807) is 16.2 Å². The first-order valence-corrected chi connectivity index (χ1v) is 11.5. The molecule has 6 nitrogen and oxygen atoms in total. The van der Waals surface area contributed by atoms with Crippen LogP contribution in [0.1, 0.15) is 17.9 Å². The van der Waals surface area contributed by atoms with Crippen molar-refractivity contribution in [3.05, 3.63) is 77.5 Å². The molecule has 8 heteroatoms. The van der Waals surface area contributed by atoms with E-state index in [1.807, 2.05) is 73.0 Å². The lowest BCUT2D eigenvalue weighted by atomic mass is 10.1. The fourth-order valence-corrected chi connectivity index (χ4v) is 4.95. The van der Waals surface area contributed by atoms with Gasteiger partial charge in [0.15, 0.2) is 5.13 Å². The van der Waals surface area contributed by atoms with E-state index in [9.17, 15) is 4.79 Å². The molecule has 3 heterocycles. The number of anilines is 2. The molecule has 1 amide bonds. The number of carbonyl (C=O) groups is 1. The highest BCUT2D eigenvalue weighted by molar-refractivity contribution is 7.22. The van der Waals surface area contributed by atoms with Gasteiger partial charge in [-0.3, -0.25) is 9.69 Å². The number of aromatic nitrogens is 3. The van der Waals surface area contributed by atoms with Crippen molar-refractivity contribution in [2.75, 3.05) is 4.90 Å². The van der Waals surface area contributed by atoms with Crippen LogP contribution in [-0.2, 0) is 11.2 Å². The number of thiophene rings is 1. The predicted octanol–water partition coefficient (Wildman–Crippen LogP) is 6.01. The molecular weight excluding hydrogens is 428 g/mol. The third kappa shape index (κ3) is 3.99. The number of rotatable bonds is 6. The smallest absolute Gasteiger partial charge is 0.233 e. The Labute approximate surface area is 186 Å². The highest BCUT2D eigenvalue weighted by atomic mass is 32.1. The van der Waals surface area contributed by atoms with Gasteiger partial charge in [-0.2, -0.15) is 4.98 Å². The number of thiazole rings is 1. The topological polar surface area (TPSA) is 72.1 Å². The molecule has 0 atom stereocenters. The number of hydrogen-bond donors (Lipinski definition) is 0. The van der Waals surface area contributed by atoms with Crippen LogP contribution in [0.4, 0.5) is 10.8 Å². The second kappa shape index (κ2) is 8.41. The van der Waals surface area contributed by atoms with Crippen molar-refractivity contribution < 1.29 is 9.32 Å². The molecule has 0 saturated carbocycles. The van der Waals surface area contributed by atoms with Gasteiger partial charge in [-0.1, -0.05) is 52.9 Å². The van der Waals surface area contributed by atoms with E-state index in [1.165, 1.54) is 11.3 Å². The number of carbonyl (C=O) groups excluding carboxylic acids is 1. The van der Waals surface area contributed by atoms with Crippen LogP contribution in [-0.4, -0.2) is 21.0 Å². The molecule has 0 spiro atoms. The highest BCUT2D eigenvalue weighted by Gasteiger charge is 2.24. The molecule has 5 aromatic rings. The summed E-state index contributed by atoms with van der Waals surface area (Å²) in [5.74, 6) is 0.939. The van der Waals surface area contributed by atoms with Crippen LogP contribution in [0.2, 0.25) is 0 Å². The number of amides is 1. The molecule has 0 aliphatic heterocycles. The van der Waals surface area contributed by atoms with Gasteiger partial charge in [0.1, 0.15) is 0 Å². The van der Waals surface area contributed by atoms with E-state index in [0.717, 1.165) is 26.3 Å². The lowest BCUT2D eigenvalue weighted by Gasteiger charge is -2.21. The molecule has 0 radical (unpaired) electrons. The van der Waals surface area contributed by atoms with Gasteiger partial charge in [-0.05, 0) is 42.1 Å². The second-order valence-electron chi connectivity index (χ2n) is 6.97. The quantitative estimate of drug-likeness (QED) is 0.319. The van der Waals surface area contributed by atoms with Crippen molar-refractivity contribution in [1.29, 1.82) is 0 Å². The molecule has 31 heavy (non-hydrogen) atoms. The van der Waals surface area contributed by atoms with Crippen LogP contribution in [0.15, 0.2) is 70.6 Å². The Kier molecular flexibility index (Phi) is 5.31. The third-order valence-corrected chi connectivity index (χ3v) is 6.73. The molecule has 154 valence electrons. The zero-order valence-electron chi connectivity index (χ0n) is 16.7. The first-order valence-electron chi connectivity index (χ1n) is 9.79. The maximum atomic E-state index is 13.4. The fourth-order valence-electron chi connectivity index (χ4n) is 3.30. The molecular formula is C23H18N4O2S2. The zero-order chi connectivity index (χ0) is 21.2. The summed E-state index contributed by atoms with van der Waals surface area (Å²) in [6, 6.07) is 19.6. The summed E-state index contributed by atoms with van der Waals surface area (Å²) < 4.78 is 6.41. The number of fused-ring (bicyclic) bond motifs is 1. The van der Waals surface area contributed by atoms with Gasteiger partial charge in [0.25, 0.3) is 0 Å². The summed E-state index contributed by atoms with van der Waals surface area (Å²) in [6.07, 6.45) is 0.598. The zero-order valence-corrected chi connectivity index (χ0v) is 18.3. The van der Waals surface area contributed by atoms with Crippen LogP contribution in [0.5, 0.6) is 0 Å². The minimum absolute atomic E-state index is 0.0655. The number of benzene rings is 2. The monoisotopic (exact) mass is 446 g/mol. The molecule has 0 aliphatic rings. The molecule has 0 aliphatic carbocycles. The Morgan fingerprint density at radius 1 is 1.03 bits per heavy atom. The van der Waals surface area contributed by atoms with Gasteiger partial charge in [0.05, 0.1) is 20.8 Å². The van der Waals surface area contributed by atoms with Crippen molar-refractivity contribution in [1.82, 2.24) is 15.1 Å². The minimum atomic E-state index is -0.0655. The number of aryl methyl sites for hydroxylation is 2. The number of nitrogens with zero attached hydrogens (tertiary/aromatic N) is 4. The SMILES string of the molecule is Cc1ccccc1N(C(=O)CCc1nc(-c2cccs2)no1)c1nc2ccccc2s1. The Hall–Kier alpha value is -3.36. The van der Waals surface area contributed by atoms with E-state index in [2.05, 4.69) is 10.1 Å². The second-order valence-corrected chi connectivity index (χ2v) is 8.93. The van der Waals surface area contributed by atoms with Gasteiger partial charge in [0, 0.05) is 12.8 Å². The molecule has 0 N–H and O–H groups in total. The van der Waals surface area contributed by atoms with Crippen LogP contribution in [0.3, 0.4) is 0 Å². The summed E-state index contributed by atoms with van der Waals surface area (Å²) in [5, 5.41) is 6.65. The van der Waals surface area contributed by atoms with E-state index >= 15 is 0 Å². The summed E-state index contributed by atoms with van der Waals surface area (Å²) in [5.41, 5.74) is 2.72. The summed E-state index contributed by atoms with van der Waals surface area (Å²) in [7, 11) is 0. The van der Waals surface area contributed by atoms with E-state index in [0.29, 0.717) is 23.3 Å². The minimum Gasteiger partial charge on any atom is -0.339 e. The van der Waals surface area contributed by atoms with E-state index < -0.39 is 0 Å². The van der Waals surface area contributed by atoms with Gasteiger partial charge in [-0.15, -0.1) is 11.3 Å². The first kappa shape index (κ1) is 19.6. The number of hydrogen-bond acceptors (Lipinski definition) is 7. The molecule has 0 saturated heterocycles. The van der Waals surface area contributed by atoms with Crippen molar-refractivity contribution >= 4 is 49.6 Å². The summed E-state index contributed by atoms with van der Waals surface area (Å²) >= 11 is 3.05. The summed E-state index contributed by atoms with van der Waals surface area (Å²) in [6.45, 7) is 1.99. The molecule has 2 aromatic carbocycles. The van der Waals surface area contributed by atoms with Crippen molar-refractivity contribution in [2.24, 2.45) is 0 Å². The Balaban J connectivity index is 1.42. The van der Waals surface area contributed by atoms with Crippen LogP contribution in [0.25, 0.3) is 20.9 Å². The van der Waals surface area contributed by atoms with Crippen molar-refractivity contribution in [2.45, 2.75) is 19.8 Å². The van der Waals surface area contributed by atoms with Crippen molar-refractivity contribution in [3.8, 4) is 10.7 Å². The maximum Gasteiger partial charge on any atom is 0.233 e. The molecule has 3 aromatic heterocycles. The summed E-state index contributed by atoms with van der Waals surface area (Å²) in [4.78, 5) is 25.2. The van der Waals surface area contributed by atoms with Crippen LogP contribution < -0.4 is 4.90 Å². The van der Waals surface area contributed by atoms with Crippen LogP contribution >= 0.6 is 22.7 Å². The average Bonchev–Trinajstić information content (AvgIpc) is 3.53. The largest absolute Gasteiger partial charge is 0.339 e. The highest BCUT2D eigenvalue weighted by Crippen LogP contribution is 2.35. The van der Waals surface area contributed by atoms with E-state index in [-0.39, 0.29) is 12.3 Å². The normalized spacial score (nSPS) is 11.1. The van der Waals surface area contributed by atoms with Crippen LogP contribution in [0, 0.1) is 6.92 Å². The fraction of sp³-hybridized carbons (Fsp3) is 0.130. The molecule has 5 rings (SSSR count). The van der Waals surface area contributed by atoms with Crippen molar-refractivity contribution in [3.63, 3.8) is 0 Å². The van der Waals surface area contributed by atoms with E-state index in [4.69, 9.17) is 9.51 Å². The first-order chi connectivity index (χ1) is 15.2. The van der Waals surface area contributed by atoms with Gasteiger partial charge < -0.3 is 4.52 Å². The molecule has 0 unspecified atom stereocenters. The standard InChI is InChI=1S/C23H18N4O2S2/c1-15-7-2-4-9-17(15)27(23-24-16-8-3-5-10-18(16)31-23)21(28)13-12-20-25-22(26-29-20)19-11-6-14-30-19/h2-11,14H,12-13H2,1H3.